The summed E-state index contributed by atoms with van der Waals surface area (Å²) >= 11 is 0. The number of para-hydroxylation sites is 1. The molecule has 1 aliphatic rings. The highest BCUT2D eigenvalue weighted by Crippen LogP contribution is 2.31. The number of aliphatic hydroxyl groups is 1. The number of aliphatic hydroxyl groups excluding tert-OH is 1. The van der Waals surface area contributed by atoms with Crippen LogP contribution < -0.4 is 15.4 Å². The van der Waals surface area contributed by atoms with E-state index >= 15 is 0 Å². The normalized spacial score (nSPS) is 17.3. The van der Waals surface area contributed by atoms with Crippen molar-refractivity contribution in [2.45, 2.75) is 25.5 Å². The monoisotopic (exact) mass is 326 g/mol. The third-order valence-electron chi connectivity index (χ3n) is 4.27. The fraction of sp³-hybridized carbons (Fsp3) is 0.316. The van der Waals surface area contributed by atoms with E-state index in [0.29, 0.717) is 6.61 Å². The van der Waals surface area contributed by atoms with E-state index in [0.717, 1.165) is 28.9 Å². The van der Waals surface area contributed by atoms with Gasteiger partial charge in [0.2, 0.25) is 0 Å². The number of nitrogens with one attached hydrogen (secondary N) is 2. The lowest BCUT2D eigenvalue weighted by Gasteiger charge is -2.27. The molecule has 1 aliphatic heterocycles. The molecule has 2 unspecified atom stereocenters. The van der Waals surface area contributed by atoms with Gasteiger partial charge < -0.3 is 20.5 Å². The number of carbonyl (C=O) groups excluding carboxylic acids is 1. The van der Waals surface area contributed by atoms with Crippen molar-refractivity contribution in [3.05, 3.63) is 65.2 Å². The van der Waals surface area contributed by atoms with Crippen LogP contribution in [0.15, 0.2) is 48.5 Å². The molecule has 0 bridgehead atoms. The number of aryl methyl sites for hydroxylation is 1. The first-order valence-electron chi connectivity index (χ1n) is 8.15. The molecule has 3 rings (SSSR count). The molecule has 5 nitrogen and oxygen atoms in total. The first-order valence-corrected chi connectivity index (χ1v) is 8.15. The van der Waals surface area contributed by atoms with Crippen molar-refractivity contribution < 1.29 is 14.6 Å². The number of fused-ring (bicyclic) bond motifs is 1. The van der Waals surface area contributed by atoms with Crippen LogP contribution in [0.3, 0.4) is 0 Å². The SMILES string of the molecule is Cc1ccccc1C(O)CNC(=O)NC1CCOc2ccccc21. The van der Waals surface area contributed by atoms with Crippen molar-refractivity contribution in [2.24, 2.45) is 0 Å². The van der Waals surface area contributed by atoms with Crippen LogP contribution in [0.4, 0.5) is 4.79 Å². The summed E-state index contributed by atoms with van der Waals surface area (Å²) in [7, 11) is 0. The smallest absolute Gasteiger partial charge is 0.315 e. The minimum atomic E-state index is -0.723. The molecule has 2 aromatic carbocycles. The van der Waals surface area contributed by atoms with E-state index in [9.17, 15) is 9.90 Å². The first-order chi connectivity index (χ1) is 11.6. The van der Waals surface area contributed by atoms with Crippen LogP contribution >= 0.6 is 0 Å². The molecule has 24 heavy (non-hydrogen) atoms. The van der Waals surface area contributed by atoms with Gasteiger partial charge in [-0.25, -0.2) is 4.79 Å². The Bertz CT molecular complexity index is 717. The van der Waals surface area contributed by atoms with Gasteiger partial charge in [0.15, 0.2) is 0 Å². The lowest BCUT2D eigenvalue weighted by molar-refractivity contribution is 0.170. The van der Waals surface area contributed by atoms with Crippen LogP contribution in [0.25, 0.3) is 0 Å². The molecule has 126 valence electrons. The molecule has 2 aromatic rings. The number of hydrogen-bond acceptors (Lipinski definition) is 3. The maximum atomic E-state index is 12.2. The van der Waals surface area contributed by atoms with E-state index in [4.69, 9.17) is 4.74 Å². The predicted molar refractivity (Wildman–Crippen MR) is 92.0 cm³/mol. The number of urea groups is 1. The third-order valence-corrected chi connectivity index (χ3v) is 4.27. The van der Waals surface area contributed by atoms with Gasteiger partial charge in [-0.15, -0.1) is 0 Å². The van der Waals surface area contributed by atoms with Crippen molar-refractivity contribution >= 4 is 6.03 Å². The molecule has 1 heterocycles. The van der Waals surface area contributed by atoms with Gasteiger partial charge in [0, 0.05) is 18.5 Å². The highest BCUT2D eigenvalue weighted by molar-refractivity contribution is 5.74. The topological polar surface area (TPSA) is 70.6 Å². The van der Waals surface area contributed by atoms with E-state index < -0.39 is 6.10 Å². The highest BCUT2D eigenvalue weighted by Gasteiger charge is 2.22. The van der Waals surface area contributed by atoms with Gasteiger partial charge in [-0.2, -0.15) is 0 Å². The van der Waals surface area contributed by atoms with Crippen LogP contribution in [0, 0.1) is 6.92 Å². The van der Waals surface area contributed by atoms with Crippen LogP contribution in [-0.4, -0.2) is 24.3 Å². The van der Waals surface area contributed by atoms with Gasteiger partial charge in [0.1, 0.15) is 5.75 Å². The molecule has 2 amide bonds. The maximum Gasteiger partial charge on any atom is 0.315 e. The second kappa shape index (κ2) is 7.36. The minimum absolute atomic E-state index is 0.0782. The number of hydrogen-bond donors (Lipinski definition) is 3. The van der Waals surface area contributed by atoms with E-state index in [2.05, 4.69) is 10.6 Å². The van der Waals surface area contributed by atoms with Gasteiger partial charge in [0.05, 0.1) is 18.8 Å². The zero-order valence-corrected chi connectivity index (χ0v) is 13.7. The Morgan fingerprint density at radius 1 is 1.25 bits per heavy atom. The van der Waals surface area contributed by atoms with Gasteiger partial charge in [-0.3, -0.25) is 0 Å². The van der Waals surface area contributed by atoms with Gasteiger partial charge >= 0.3 is 6.03 Å². The standard InChI is InChI=1S/C19H22N2O3/c1-13-6-2-3-7-14(13)17(22)12-20-19(23)21-16-10-11-24-18-9-5-4-8-15(16)18/h2-9,16-17,22H,10-12H2,1H3,(H2,20,21,23). The molecule has 2 atom stereocenters. The summed E-state index contributed by atoms with van der Waals surface area (Å²) in [6.45, 7) is 2.69. The number of amides is 2. The summed E-state index contributed by atoms with van der Waals surface area (Å²) < 4.78 is 5.59. The third kappa shape index (κ3) is 3.68. The number of carbonyl (C=O) groups is 1. The number of benzene rings is 2. The van der Waals surface area contributed by atoms with Crippen LogP contribution in [-0.2, 0) is 0 Å². The summed E-state index contributed by atoms with van der Waals surface area (Å²) in [5, 5.41) is 16.0. The Hall–Kier alpha value is -2.53. The quantitative estimate of drug-likeness (QED) is 0.809. The zero-order valence-electron chi connectivity index (χ0n) is 13.7. The Balaban J connectivity index is 1.56. The van der Waals surface area contributed by atoms with E-state index in [1.807, 2.05) is 55.5 Å². The Morgan fingerprint density at radius 3 is 2.83 bits per heavy atom. The van der Waals surface area contributed by atoms with Crippen LogP contribution in [0.1, 0.15) is 35.3 Å². The highest BCUT2D eigenvalue weighted by atomic mass is 16.5. The van der Waals surface area contributed by atoms with E-state index in [1.54, 1.807) is 0 Å². The summed E-state index contributed by atoms with van der Waals surface area (Å²) in [5.74, 6) is 0.814. The number of ether oxygens (including phenoxy) is 1. The Labute approximate surface area is 141 Å². The molecule has 3 N–H and O–H groups in total. The van der Waals surface area contributed by atoms with Gasteiger partial charge in [-0.1, -0.05) is 42.5 Å². The second-order valence-electron chi connectivity index (χ2n) is 5.95. The van der Waals surface area contributed by atoms with Crippen molar-refractivity contribution in [1.82, 2.24) is 10.6 Å². The summed E-state index contributed by atoms with van der Waals surface area (Å²) in [5.41, 5.74) is 2.82. The average Bonchev–Trinajstić information content (AvgIpc) is 2.60. The average molecular weight is 326 g/mol. The molecule has 0 saturated carbocycles. The largest absolute Gasteiger partial charge is 0.493 e. The zero-order chi connectivity index (χ0) is 16.9. The molecular formula is C19H22N2O3. The lowest BCUT2D eigenvalue weighted by atomic mass is 10.0. The van der Waals surface area contributed by atoms with Crippen molar-refractivity contribution in [2.75, 3.05) is 13.2 Å². The lowest BCUT2D eigenvalue weighted by Crippen LogP contribution is -2.41. The molecule has 0 aliphatic carbocycles. The molecular weight excluding hydrogens is 304 g/mol. The first kappa shape index (κ1) is 16.3. The molecule has 0 fully saturated rings. The Kier molecular flexibility index (Phi) is 5.01. The molecule has 0 radical (unpaired) electrons. The summed E-state index contributed by atoms with van der Waals surface area (Å²) in [6.07, 6.45) is 0.00375. The molecule has 0 saturated heterocycles. The molecule has 0 spiro atoms. The van der Waals surface area contributed by atoms with Gasteiger partial charge in [0.25, 0.3) is 0 Å². The van der Waals surface area contributed by atoms with Crippen molar-refractivity contribution in [3.63, 3.8) is 0 Å². The fourth-order valence-electron chi connectivity index (χ4n) is 2.96. The minimum Gasteiger partial charge on any atom is -0.493 e. The predicted octanol–water partition coefficient (Wildman–Crippen LogP) is 2.85. The molecule has 0 aromatic heterocycles. The number of rotatable bonds is 4. The van der Waals surface area contributed by atoms with Crippen molar-refractivity contribution in [1.29, 1.82) is 0 Å². The molecule has 5 heteroatoms. The van der Waals surface area contributed by atoms with Crippen molar-refractivity contribution in [3.8, 4) is 5.75 Å². The van der Waals surface area contributed by atoms with Crippen LogP contribution in [0.5, 0.6) is 5.75 Å². The second-order valence-corrected chi connectivity index (χ2v) is 5.95. The van der Waals surface area contributed by atoms with E-state index in [1.165, 1.54) is 0 Å². The summed E-state index contributed by atoms with van der Waals surface area (Å²) in [6, 6.07) is 15.0. The fourth-order valence-corrected chi connectivity index (χ4v) is 2.96. The maximum absolute atomic E-state index is 12.2. The van der Waals surface area contributed by atoms with Crippen LogP contribution in [0.2, 0.25) is 0 Å². The van der Waals surface area contributed by atoms with Gasteiger partial charge in [-0.05, 0) is 24.1 Å². The summed E-state index contributed by atoms with van der Waals surface area (Å²) in [4.78, 5) is 12.2. The Morgan fingerprint density at radius 2 is 2.00 bits per heavy atom. The van der Waals surface area contributed by atoms with E-state index in [-0.39, 0.29) is 18.6 Å².